The molecule has 0 saturated heterocycles. The van der Waals surface area contributed by atoms with E-state index in [1.54, 1.807) is 36.4 Å². The van der Waals surface area contributed by atoms with Gasteiger partial charge in [0.25, 0.3) is 5.56 Å². The molecule has 0 unspecified atom stereocenters. The SMILES string of the molecule is O=C(Cn1cnc2c(sc3cccc(F)c32)c1=O)Nc1ccc(Br)cc1. The number of amides is 1. The van der Waals surface area contributed by atoms with E-state index in [2.05, 4.69) is 26.2 Å². The zero-order valence-corrected chi connectivity index (χ0v) is 15.6. The first-order chi connectivity index (χ1) is 12.5. The molecule has 0 bridgehead atoms. The first-order valence-electron chi connectivity index (χ1n) is 7.64. The van der Waals surface area contributed by atoms with Gasteiger partial charge in [0.1, 0.15) is 17.1 Å². The number of fused-ring (bicyclic) bond motifs is 3. The fraction of sp³-hybridized carbons (Fsp3) is 0.0556. The Balaban J connectivity index is 1.66. The zero-order chi connectivity index (χ0) is 18.3. The smallest absolute Gasteiger partial charge is 0.271 e. The number of halogens is 2. The van der Waals surface area contributed by atoms with E-state index in [9.17, 15) is 14.0 Å². The maximum atomic E-state index is 14.1. The summed E-state index contributed by atoms with van der Waals surface area (Å²) in [4.78, 5) is 29.1. The minimum Gasteiger partial charge on any atom is -0.325 e. The van der Waals surface area contributed by atoms with Crippen LogP contribution in [0.4, 0.5) is 10.1 Å². The van der Waals surface area contributed by atoms with Gasteiger partial charge in [0, 0.05) is 14.9 Å². The second kappa shape index (κ2) is 6.62. The third-order valence-electron chi connectivity index (χ3n) is 3.86. The lowest BCUT2D eigenvalue weighted by atomic mass is 10.2. The summed E-state index contributed by atoms with van der Waals surface area (Å²) < 4.78 is 17.2. The Morgan fingerprint density at radius 2 is 2.00 bits per heavy atom. The van der Waals surface area contributed by atoms with Gasteiger partial charge in [0.05, 0.1) is 17.2 Å². The van der Waals surface area contributed by atoms with Crippen molar-refractivity contribution in [3.05, 3.63) is 69.4 Å². The molecule has 4 aromatic rings. The van der Waals surface area contributed by atoms with Crippen LogP contribution in [0.5, 0.6) is 0 Å². The quantitative estimate of drug-likeness (QED) is 0.529. The predicted octanol–water partition coefficient (Wildman–Crippen LogP) is 4.15. The Bertz CT molecular complexity index is 1200. The number of thiophene rings is 1. The van der Waals surface area contributed by atoms with Crippen LogP contribution in [0, 0.1) is 5.82 Å². The van der Waals surface area contributed by atoms with Crippen LogP contribution < -0.4 is 10.9 Å². The van der Waals surface area contributed by atoms with Crippen molar-refractivity contribution in [3.8, 4) is 0 Å². The minimum absolute atomic E-state index is 0.172. The van der Waals surface area contributed by atoms with Gasteiger partial charge in [-0.1, -0.05) is 22.0 Å². The molecule has 0 aliphatic carbocycles. The molecule has 4 rings (SSSR count). The van der Waals surface area contributed by atoms with Gasteiger partial charge in [-0.25, -0.2) is 9.37 Å². The molecule has 0 radical (unpaired) electrons. The van der Waals surface area contributed by atoms with Gasteiger partial charge in [0.15, 0.2) is 0 Å². The molecule has 2 heterocycles. The van der Waals surface area contributed by atoms with Gasteiger partial charge in [-0.15, -0.1) is 11.3 Å². The molecule has 0 spiro atoms. The van der Waals surface area contributed by atoms with Gasteiger partial charge < -0.3 is 5.32 Å². The van der Waals surface area contributed by atoms with Crippen LogP contribution in [0.2, 0.25) is 0 Å². The third-order valence-corrected chi connectivity index (χ3v) is 5.52. The predicted molar refractivity (Wildman–Crippen MR) is 104 cm³/mol. The number of hydrogen-bond acceptors (Lipinski definition) is 4. The summed E-state index contributed by atoms with van der Waals surface area (Å²) in [7, 11) is 0. The molecule has 2 aromatic carbocycles. The standard InChI is InChI=1S/C18H11BrFN3O2S/c19-10-4-6-11(7-5-10)22-14(24)8-23-9-21-16-15-12(20)2-1-3-13(15)26-17(16)18(23)25/h1-7,9H,8H2,(H,22,24). The maximum absolute atomic E-state index is 14.1. The van der Waals surface area contributed by atoms with Crippen LogP contribution >= 0.6 is 27.3 Å². The number of nitrogens with one attached hydrogen (secondary N) is 1. The van der Waals surface area contributed by atoms with E-state index >= 15 is 0 Å². The van der Waals surface area contributed by atoms with Gasteiger partial charge >= 0.3 is 0 Å². The number of aromatic nitrogens is 2. The number of benzene rings is 2. The number of carbonyl (C=O) groups excluding carboxylic acids is 1. The number of carbonyl (C=O) groups is 1. The fourth-order valence-electron chi connectivity index (χ4n) is 2.67. The first kappa shape index (κ1) is 16.9. The van der Waals surface area contributed by atoms with Crippen molar-refractivity contribution < 1.29 is 9.18 Å². The Morgan fingerprint density at radius 1 is 1.23 bits per heavy atom. The average molecular weight is 432 g/mol. The molecular weight excluding hydrogens is 421 g/mol. The van der Waals surface area contributed by atoms with Crippen molar-refractivity contribution in [1.29, 1.82) is 0 Å². The largest absolute Gasteiger partial charge is 0.325 e. The zero-order valence-electron chi connectivity index (χ0n) is 13.2. The molecular formula is C18H11BrFN3O2S. The van der Waals surface area contributed by atoms with Crippen molar-refractivity contribution in [2.24, 2.45) is 0 Å². The molecule has 0 aliphatic heterocycles. The molecule has 5 nitrogen and oxygen atoms in total. The summed E-state index contributed by atoms with van der Waals surface area (Å²) in [6.07, 6.45) is 1.28. The number of nitrogens with zero attached hydrogens (tertiary/aromatic N) is 2. The summed E-state index contributed by atoms with van der Waals surface area (Å²) in [5.74, 6) is -0.755. The van der Waals surface area contributed by atoms with E-state index in [1.165, 1.54) is 28.3 Å². The van der Waals surface area contributed by atoms with E-state index in [0.717, 1.165) is 4.47 Å². The summed E-state index contributed by atoms with van der Waals surface area (Å²) in [6, 6.07) is 11.8. The fourth-order valence-corrected chi connectivity index (χ4v) is 4.05. The van der Waals surface area contributed by atoms with Crippen LogP contribution in [0.15, 0.2) is 58.1 Å². The monoisotopic (exact) mass is 431 g/mol. The molecule has 1 N–H and O–H groups in total. The molecule has 0 saturated carbocycles. The highest BCUT2D eigenvalue weighted by molar-refractivity contribution is 9.10. The first-order valence-corrected chi connectivity index (χ1v) is 9.25. The lowest BCUT2D eigenvalue weighted by Gasteiger charge is -2.07. The van der Waals surface area contributed by atoms with E-state index < -0.39 is 5.82 Å². The molecule has 0 atom stereocenters. The lowest BCUT2D eigenvalue weighted by Crippen LogP contribution is -2.27. The van der Waals surface area contributed by atoms with Crippen LogP contribution in [0.3, 0.4) is 0 Å². The highest BCUT2D eigenvalue weighted by atomic mass is 79.9. The molecule has 26 heavy (non-hydrogen) atoms. The summed E-state index contributed by atoms with van der Waals surface area (Å²) in [5.41, 5.74) is 0.600. The van der Waals surface area contributed by atoms with Crippen LogP contribution in [-0.2, 0) is 11.3 Å². The summed E-state index contributed by atoms with van der Waals surface area (Å²) in [5, 5.41) is 3.07. The highest BCUT2D eigenvalue weighted by Crippen LogP contribution is 2.31. The van der Waals surface area contributed by atoms with Gasteiger partial charge in [-0.05, 0) is 36.4 Å². The Hall–Kier alpha value is -2.58. The van der Waals surface area contributed by atoms with Crippen molar-refractivity contribution in [2.75, 3.05) is 5.32 Å². The highest BCUT2D eigenvalue weighted by Gasteiger charge is 2.15. The molecule has 1 amide bonds. The number of rotatable bonds is 3. The van der Waals surface area contributed by atoms with Gasteiger partial charge in [-0.2, -0.15) is 0 Å². The molecule has 2 aromatic heterocycles. The molecule has 8 heteroatoms. The molecule has 130 valence electrons. The average Bonchev–Trinajstić information content (AvgIpc) is 3.00. The van der Waals surface area contributed by atoms with Gasteiger partial charge in [0.2, 0.25) is 5.91 Å². The lowest BCUT2D eigenvalue weighted by molar-refractivity contribution is -0.116. The number of anilines is 1. The molecule has 0 aliphatic rings. The summed E-state index contributed by atoms with van der Waals surface area (Å²) >= 11 is 4.50. The second-order valence-electron chi connectivity index (χ2n) is 5.63. The van der Waals surface area contributed by atoms with Gasteiger partial charge in [-0.3, -0.25) is 14.2 Å². The van der Waals surface area contributed by atoms with Crippen molar-refractivity contribution in [1.82, 2.24) is 9.55 Å². The Morgan fingerprint density at radius 3 is 2.77 bits per heavy atom. The van der Waals surface area contributed by atoms with E-state index in [-0.39, 0.29) is 18.0 Å². The van der Waals surface area contributed by atoms with E-state index in [0.29, 0.717) is 26.0 Å². The van der Waals surface area contributed by atoms with Crippen molar-refractivity contribution >= 4 is 59.2 Å². The number of hydrogen-bond donors (Lipinski definition) is 1. The topological polar surface area (TPSA) is 64.0 Å². The Labute approximate surface area is 159 Å². The minimum atomic E-state index is -0.411. The maximum Gasteiger partial charge on any atom is 0.271 e. The second-order valence-corrected chi connectivity index (χ2v) is 7.59. The van der Waals surface area contributed by atoms with Crippen LogP contribution in [-0.4, -0.2) is 15.5 Å². The Kier molecular flexibility index (Phi) is 4.29. The van der Waals surface area contributed by atoms with E-state index in [1.807, 2.05) is 0 Å². The van der Waals surface area contributed by atoms with Crippen LogP contribution in [0.25, 0.3) is 20.3 Å². The van der Waals surface area contributed by atoms with Crippen LogP contribution in [0.1, 0.15) is 0 Å². The van der Waals surface area contributed by atoms with Crippen molar-refractivity contribution in [3.63, 3.8) is 0 Å². The summed E-state index contributed by atoms with van der Waals surface area (Å²) in [6.45, 7) is -0.172. The normalized spacial score (nSPS) is 11.2. The third kappa shape index (κ3) is 3.02. The van der Waals surface area contributed by atoms with Crippen molar-refractivity contribution in [2.45, 2.75) is 6.54 Å². The van der Waals surface area contributed by atoms with E-state index in [4.69, 9.17) is 0 Å². The molecule has 0 fully saturated rings.